The summed E-state index contributed by atoms with van der Waals surface area (Å²) in [4.78, 5) is 71.4. The summed E-state index contributed by atoms with van der Waals surface area (Å²) in [5.41, 5.74) is -0.328. The fourth-order valence-corrected chi connectivity index (χ4v) is 10.8. The smallest absolute Gasteiger partial charge is 0.329 e. The summed E-state index contributed by atoms with van der Waals surface area (Å²) in [7, 11) is -1.01. The number of urea groups is 1. The summed E-state index contributed by atoms with van der Waals surface area (Å²) < 4.78 is 40.3. The molecule has 20 heteroatoms. The van der Waals surface area contributed by atoms with Gasteiger partial charge in [0, 0.05) is 61.2 Å². The van der Waals surface area contributed by atoms with E-state index in [0.29, 0.717) is 53.1 Å². The molecule has 5 heterocycles. The highest BCUT2D eigenvalue weighted by molar-refractivity contribution is 7.89. The standard InChI is InChI=1S/C47H63N9O9S2/c1-28(2)49-45-52-36(27-66-45)35-23-38(32-19-18-30(64-7)21-34(32)50-35)65-31-22-37-41(57)54-47(43(59)60)24-29(47)15-11-9-8-10-12-16-33(42(58)56(37)25-31)51-44(61)53-39(46(3,4)5)26-55(6)67(62,63)40-17-13-14-20-48-40/h13-14,17-21,23,27-29,31,33,37,39H,8-12,15-16,22,24-26H2,1-7H3,(H,49,52)(H,54,57)(H,59,60)(H2,51,53,61)/t29?,31-,33+,37+,39-,47-/m1/s1. The van der Waals surface area contributed by atoms with Crippen LogP contribution in [0.15, 0.2) is 59.1 Å². The summed E-state index contributed by atoms with van der Waals surface area (Å²) in [6, 6.07) is 8.37. The van der Waals surface area contributed by atoms with Gasteiger partial charge in [0.1, 0.15) is 40.9 Å². The number of pyridine rings is 2. The van der Waals surface area contributed by atoms with Gasteiger partial charge < -0.3 is 40.7 Å². The van der Waals surface area contributed by atoms with Crippen molar-refractivity contribution >= 4 is 61.2 Å². The number of methoxy groups -OCH3 is 1. The molecule has 1 saturated carbocycles. The Labute approximate surface area is 396 Å². The molecule has 0 bridgehead atoms. The van der Waals surface area contributed by atoms with Gasteiger partial charge in [-0.05, 0) is 68.7 Å². The van der Waals surface area contributed by atoms with Crippen molar-refractivity contribution in [1.82, 2.24) is 40.1 Å². The van der Waals surface area contributed by atoms with Crippen molar-refractivity contribution in [2.24, 2.45) is 11.3 Å². The number of nitrogens with one attached hydrogen (secondary N) is 4. The van der Waals surface area contributed by atoms with Gasteiger partial charge in [-0.2, -0.15) is 4.31 Å². The Morgan fingerprint density at radius 1 is 1.04 bits per heavy atom. The molecule has 6 atom stereocenters. The van der Waals surface area contributed by atoms with Crippen LogP contribution >= 0.6 is 11.3 Å². The summed E-state index contributed by atoms with van der Waals surface area (Å²) in [6.45, 7) is 9.54. The van der Waals surface area contributed by atoms with E-state index in [4.69, 9.17) is 19.4 Å². The number of carbonyl (C=O) groups excluding carboxylic acids is 3. The monoisotopic (exact) mass is 961 g/mol. The van der Waals surface area contributed by atoms with Gasteiger partial charge in [0.05, 0.1) is 24.9 Å². The third-order valence-electron chi connectivity index (χ3n) is 12.9. The number of thiazole rings is 1. The number of aliphatic carboxylic acids is 1. The number of hydrogen-bond acceptors (Lipinski definition) is 13. The fourth-order valence-electron chi connectivity index (χ4n) is 8.88. The second kappa shape index (κ2) is 20.3. The molecule has 3 aliphatic rings. The number of carboxylic acid groups (broad SMARTS) is 1. The van der Waals surface area contributed by atoms with Crippen LogP contribution in [0.1, 0.15) is 92.4 Å². The third-order valence-corrected chi connectivity index (χ3v) is 15.4. The molecule has 362 valence electrons. The normalized spacial score (nSPS) is 23.3. The number of carbonyl (C=O) groups is 4. The first-order valence-electron chi connectivity index (χ1n) is 23.0. The highest BCUT2D eigenvalue weighted by Crippen LogP contribution is 2.48. The lowest BCUT2D eigenvalue weighted by Gasteiger charge is -2.35. The van der Waals surface area contributed by atoms with Crippen LogP contribution in [0.5, 0.6) is 11.5 Å². The van der Waals surface area contributed by atoms with Crippen molar-refractivity contribution in [1.29, 1.82) is 0 Å². The van der Waals surface area contributed by atoms with Crippen LogP contribution in [0.3, 0.4) is 0 Å². The minimum Gasteiger partial charge on any atom is -0.497 e. The highest BCUT2D eigenvalue weighted by Gasteiger charge is 2.62. The molecule has 1 aromatic carbocycles. The molecule has 67 heavy (non-hydrogen) atoms. The number of sulfonamides is 1. The van der Waals surface area contributed by atoms with Crippen molar-refractivity contribution < 1.29 is 42.2 Å². The lowest BCUT2D eigenvalue weighted by atomic mass is 9.87. The van der Waals surface area contributed by atoms with Crippen molar-refractivity contribution in [2.75, 3.05) is 32.6 Å². The molecule has 0 spiro atoms. The Kier molecular flexibility index (Phi) is 15.0. The molecule has 3 aromatic heterocycles. The van der Waals surface area contributed by atoms with Crippen molar-refractivity contribution in [3.8, 4) is 22.9 Å². The number of amides is 4. The van der Waals surface area contributed by atoms with E-state index in [2.05, 4.69) is 26.3 Å². The van der Waals surface area contributed by atoms with Crippen LogP contribution in [0.25, 0.3) is 22.3 Å². The molecule has 1 aliphatic carbocycles. The van der Waals surface area contributed by atoms with E-state index in [9.17, 15) is 32.7 Å². The minimum atomic E-state index is -4.00. The lowest BCUT2D eigenvalue weighted by molar-refractivity contribution is -0.145. The second-order valence-electron chi connectivity index (χ2n) is 19.3. The zero-order valence-corrected chi connectivity index (χ0v) is 40.8. The predicted molar refractivity (Wildman–Crippen MR) is 254 cm³/mol. The Balaban J connectivity index is 1.18. The Morgan fingerprint density at radius 3 is 2.48 bits per heavy atom. The van der Waals surface area contributed by atoms with Crippen molar-refractivity contribution in [3.05, 3.63) is 54.0 Å². The van der Waals surface area contributed by atoms with Gasteiger partial charge in [-0.1, -0.05) is 58.9 Å². The van der Waals surface area contributed by atoms with Gasteiger partial charge in [0.15, 0.2) is 10.2 Å². The van der Waals surface area contributed by atoms with E-state index in [0.717, 1.165) is 35.1 Å². The summed E-state index contributed by atoms with van der Waals surface area (Å²) >= 11 is 1.45. The molecule has 4 amide bonds. The molecule has 7 rings (SSSR count). The average Bonchev–Trinajstić information content (AvgIpc) is 3.54. The average molecular weight is 962 g/mol. The number of ether oxygens (including phenoxy) is 2. The van der Waals surface area contributed by atoms with Crippen LogP contribution in [0.2, 0.25) is 0 Å². The molecule has 0 radical (unpaired) electrons. The summed E-state index contributed by atoms with van der Waals surface area (Å²) in [5.74, 6) is -1.44. The minimum absolute atomic E-state index is 0.0362. The van der Waals surface area contributed by atoms with Gasteiger partial charge in [-0.15, -0.1) is 11.3 Å². The highest BCUT2D eigenvalue weighted by atomic mass is 32.2. The van der Waals surface area contributed by atoms with Crippen LogP contribution < -0.4 is 30.7 Å². The molecule has 2 saturated heterocycles. The first kappa shape index (κ1) is 49.3. The fraction of sp³-hybridized carbons (Fsp3) is 0.553. The van der Waals surface area contributed by atoms with Gasteiger partial charge >= 0.3 is 12.0 Å². The van der Waals surface area contributed by atoms with Gasteiger partial charge in [-0.3, -0.25) is 9.59 Å². The van der Waals surface area contributed by atoms with Crippen molar-refractivity contribution in [3.63, 3.8) is 0 Å². The van der Waals surface area contributed by atoms with Gasteiger partial charge in [0.2, 0.25) is 11.8 Å². The van der Waals surface area contributed by atoms with Gasteiger partial charge in [-0.25, -0.2) is 33.0 Å². The lowest BCUT2D eigenvalue weighted by Crippen LogP contribution is -2.59. The zero-order valence-electron chi connectivity index (χ0n) is 39.2. The van der Waals surface area contributed by atoms with Crippen molar-refractivity contribution in [2.45, 2.75) is 133 Å². The van der Waals surface area contributed by atoms with E-state index in [1.165, 1.54) is 35.5 Å². The number of carboxylic acids is 1. The second-order valence-corrected chi connectivity index (χ2v) is 22.1. The number of nitrogens with zero attached hydrogens (tertiary/aromatic N) is 5. The van der Waals surface area contributed by atoms with E-state index in [1.807, 2.05) is 46.1 Å². The Bertz CT molecular complexity index is 2550. The first-order chi connectivity index (χ1) is 31.8. The number of aromatic nitrogens is 3. The molecule has 2 aliphatic heterocycles. The third kappa shape index (κ3) is 11.4. The van der Waals surface area contributed by atoms with Crippen LogP contribution in [-0.2, 0) is 24.4 Å². The largest absolute Gasteiger partial charge is 0.497 e. The Morgan fingerprint density at radius 2 is 1.79 bits per heavy atom. The van der Waals surface area contributed by atoms with E-state index in [1.54, 1.807) is 37.4 Å². The van der Waals surface area contributed by atoms with Gasteiger partial charge in [0.25, 0.3) is 10.0 Å². The SMILES string of the molecule is COc1ccc2c(O[C@@H]3C[C@H]4C(=O)N[C@]5(C(=O)O)CC5CCCCCCC[C@H](NC(=O)N[C@H](CN(C)S(=O)(=O)c5ccccn5)C(C)(C)C)C(=O)N4C3)cc(-c3csc(NC(C)C)n3)nc2c1. The first-order valence-corrected chi connectivity index (χ1v) is 25.3. The number of benzene rings is 1. The molecular formula is C47H63N9O9S2. The quantitative estimate of drug-likeness (QED) is 0.103. The molecular weight excluding hydrogens is 899 g/mol. The zero-order chi connectivity index (χ0) is 48.3. The van der Waals surface area contributed by atoms with Crippen LogP contribution in [-0.4, -0.2) is 125 Å². The number of anilines is 1. The molecule has 18 nitrogen and oxygen atoms in total. The topological polar surface area (TPSA) is 234 Å². The van der Waals surface area contributed by atoms with E-state index < -0.39 is 69.0 Å². The Hall–Kier alpha value is -5.60. The summed E-state index contributed by atoms with van der Waals surface area (Å²) in [5, 5.41) is 25.6. The molecule has 5 N–H and O–H groups in total. The maximum atomic E-state index is 15.0. The van der Waals surface area contributed by atoms with E-state index in [-0.39, 0.29) is 42.9 Å². The number of hydrogen-bond donors (Lipinski definition) is 5. The predicted octanol–water partition coefficient (Wildman–Crippen LogP) is 6.04. The number of fused-ring (bicyclic) bond motifs is 3. The maximum absolute atomic E-state index is 15.0. The number of rotatable bonds is 13. The maximum Gasteiger partial charge on any atom is 0.329 e. The van der Waals surface area contributed by atoms with E-state index >= 15 is 0 Å². The van der Waals surface area contributed by atoms with Crippen LogP contribution in [0, 0.1) is 11.3 Å². The molecule has 4 aromatic rings. The summed E-state index contributed by atoms with van der Waals surface area (Å²) in [6.07, 6.45) is 5.78. The number of likely N-dealkylation sites (N-methyl/N-ethyl adjacent to an activating group) is 1. The molecule has 3 fully saturated rings. The van der Waals surface area contributed by atoms with Crippen LogP contribution in [0.4, 0.5) is 9.93 Å². The molecule has 1 unspecified atom stereocenters.